The average molecular weight is 202 g/mol. The van der Waals surface area contributed by atoms with Gasteiger partial charge in [0.05, 0.1) is 24.3 Å². The molecule has 1 N–H and O–H groups in total. The molecule has 1 aromatic carbocycles. The fourth-order valence-electron chi connectivity index (χ4n) is 1.80. The van der Waals surface area contributed by atoms with Crippen LogP contribution in [0.5, 0.6) is 0 Å². The SMILES string of the molecule is N#Cc1ccccc1CC1CNCCO1. The van der Waals surface area contributed by atoms with Crippen molar-refractivity contribution in [3.8, 4) is 6.07 Å². The Bertz CT molecular complexity index is 364. The molecule has 1 aromatic rings. The summed E-state index contributed by atoms with van der Waals surface area (Å²) in [4.78, 5) is 0. The number of nitrogens with zero attached hydrogens (tertiary/aromatic N) is 1. The minimum atomic E-state index is 0.202. The number of nitriles is 1. The second kappa shape index (κ2) is 4.92. The number of hydrogen-bond acceptors (Lipinski definition) is 3. The van der Waals surface area contributed by atoms with Gasteiger partial charge in [-0.05, 0) is 11.6 Å². The standard InChI is InChI=1S/C12H14N2O/c13-8-11-4-2-1-3-10(11)7-12-9-14-5-6-15-12/h1-4,12,14H,5-7,9H2. The second-order valence-corrected chi connectivity index (χ2v) is 3.67. The maximum absolute atomic E-state index is 8.94. The molecular weight excluding hydrogens is 188 g/mol. The monoisotopic (exact) mass is 202 g/mol. The molecule has 0 amide bonds. The fraction of sp³-hybridized carbons (Fsp3) is 0.417. The van der Waals surface area contributed by atoms with Crippen LogP contribution in [0.1, 0.15) is 11.1 Å². The van der Waals surface area contributed by atoms with Gasteiger partial charge >= 0.3 is 0 Å². The predicted octanol–water partition coefficient (Wildman–Crippen LogP) is 1.09. The first kappa shape index (κ1) is 10.2. The zero-order chi connectivity index (χ0) is 10.5. The molecule has 0 bridgehead atoms. The number of nitrogens with one attached hydrogen (secondary N) is 1. The summed E-state index contributed by atoms with van der Waals surface area (Å²) >= 11 is 0. The van der Waals surface area contributed by atoms with E-state index in [1.165, 1.54) is 0 Å². The average Bonchev–Trinajstić information content (AvgIpc) is 2.31. The Labute approximate surface area is 89.7 Å². The Kier molecular flexibility index (Phi) is 3.33. The normalized spacial score (nSPS) is 20.9. The lowest BCUT2D eigenvalue weighted by Gasteiger charge is -2.23. The molecule has 1 aliphatic heterocycles. The van der Waals surface area contributed by atoms with E-state index in [0.717, 1.165) is 37.2 Å². The topological polar surface area (TPSA) is 45.0 Å². The van der Waals surface area contributed by atoms with Crippen LogP contribution >= 0.6 is 0 Å². The maximum Gasteiger partial charge on any atom is 0.0994 e. The molecule has 1 atom stereocenters. The van der Waals surface area contributed by atoms with Crippen LogP contribution in [0.3, 0.4) is 0 Å². The highest BCUT2D eigenvalue weighted by Crippen LogP contribution is 2.12. The highest BCUT2D eigenvalue weighted by Gasteiger charge is 2.15. The molecule has 3 heteroatoms. The molecule has 0 radical (unpaired) electrons. The van der Waals surface area contributed by atoms with Gasteiger partial charge in [0.2, 0.25) is 0 Å². The summed E-state index contributed by atoms with van der Waals surface area (Å²) in [6.07, 6.45) is 1.02. The zero-order valence-electron chi connectivity index (χ0n) is 8.57. The van der Waals surface area contributed by atoms with Gasteiger partial charge in [0.15, 0.2) is 0 Å². The van der Waals surface area contributed by atoms with E-state index >= 15 is 0 Å². The molecule has 0 saturated carbocycles. The van der Waals surface area contributed by atoms with Crippen LogP contribution in [-0.4, -0.2) is 25.8 Å². The quantitative estimate of drug-likeness (QED) is 0.780. The summed E-state index contributed by atoms with van der Waals surface area (Å²) in [7, 11) is 0. The Morgan fingerprint density at radius 3 is 3.07 bits per heavy atom. The van der Waals surface area contributed by atoms with Gasteiger partial charge < -0.3 is 10.1 Å². The predicted molar refractivity (Wildman–Crippen MR) is 57.5 cm³/mol. The van der Waals surface area contributed by atoms with Crippen LogP contribution in [-0.2, 0) is 11.2 Å². The summed E-state index contributed by atoms with van der Waals surface area (Å²) in [6.45, 7) is 2.57. The van der Waals surface area contributed by atoms with Crippen molar-refractivity contribution in [3.05, 3.63) is 35.4 Å². The molecule has 1 aliphatic rings. The lowest BCUT2D eigenvalue weighted by Crippen LogP contribution is -2.39. The van der Waals surface area contributed by atoms with E-state index in [1.807, 2.05) is 24.3 Å². The van der Waals surface area contributed by atoms with E-state index in [1.54, 1.807) is 0 Å². The minimum absolute atomic E-state index is 0.202. The van der Waals surface area contributed by atoms with Crippen molar-refractivity contribution in [1.82, 2.24) is 5.32 Å². The Morgan fingerprint density at radius 1 is 1.47 bits per heavy atom. The van der Waals surface area contributed by atoms with Crippen LogP contribution < -0.4 is 5.32 Å². The summed E-state index contributed by atoms with van der Waals surface area (Å²) in [5.74, 6) is 0. The molecule has 1 unspecified atom stereocenters. The Balaban J connectivity index is 2.06. The molecule has 0 spiro atoms. The molecule has 2 rings (SSSR count). The van der Waals surface area contributed by atoms with Crippen LogP contribution in [0.4, 0.5) is 0 Å². The molecule has 1 saturated heterocycles. The lowest BCUT2D eigenvalue weighted by atomic mass is 10.0. The summed E-state index contributed by atoms with van der Waals surface area (Å²) in [6, 6.07) is 9.91. The van der Waals surface area contributed by atoms with Crippen molar-refractivity contribution in [2.24, 2.45) is 0 Å². The number of benzene rings is 1. The fourth-order valence-corrected chi connectivity index (χ4v) is 1.80. The number of rotatable bonds is 2. The third-order valence-corrected chi connectivity index (χ3v) is 2.59. The Morgan fingerprint density at radius 2 is 2.33 bits per heavy atom. The van der Waals surface area contributed by atoms with E-state index in [4.69, 9.17) is 10.00 Å². The number of ether oxygens (including phenoxy) is 1. The summed E-state index contributed by atoms with van der Waals surface area (Å²) < 4.78 is 5.61. The van der Waals surface area contributed by atoms with Gasteiger partial charge in [-0.15, -0.1) is 0 Å². The van der Waals surface area contributed by atoms with Gasteiger partial charge in [-0.1, -0.05) is 18.2 Å². The highest BCUT2D eigenvalue weighted by molar-refractivity contribution is 5.37. The Hall–Kier alpha value is -1.37. The van der Waals surface area contributed by atoms with Gasteiger partial charge in [0.1, 0.15) is 0 Å². The van der Waals surface area contributed by atoms with Crippen LogP contribution in [0.2, 0.25) is 0 Å². The van der Waals surface area contributed by atoms with E-state index < -0.39 is 0 Å². The summed E-state index contributed by atoms with van der Waals surface area (Å²) in [5.41, 5.74) is 1.83. The zero-order valence-corrected chi connectivity index (χ0v) is 8.57. The van der Waals surface area contributed by atoms with Crippen molar-refractivity contribution in [2.45, 2.75) is 12.5 Å². The van der Waals surface area contributed by atoms with Crippen LogP contribution in [0, 0.1) is 11.3 Å². The number of hydrogen-bond donors (Lipinski definition) is 1. The molecule has 1 heterocycles. The first-order chi connectivity index (χ1) is 7.40. The molecule has 0 aromatic heterocycles. The van der Waals surface area contributed by atoms with Crippen molar-refractivity contribution >= 4 is 0 Å². The molecular formula is C12H14N2O. The van der Waals surface area contributed by atoms with E-state index in [0.29, 0.717) is 0 Å². The number of morpholine rings is 1. The highest BCUT2D eigenvalue weighted by atomic mass is 16.5. The van der Waals surface area contributed by atoms with Gasteiger partial charge in [0, 0.05) is 19.5 Å². The molecule has 78 valence electrons. The van der Waals surface area contributed by atoms with Crippen molar-refractivity contribution < 1.29 is 4.74 Å². The van der Waals surface area contributed by atoms with Crippen LogP contribution in [0.15, 0.2) is 24.3 Å². The molecule has 1 fully saturated rings. The van der Waals surface area contributed by atoms with E-state index in [-0.39, 0.29) is 6.10 Å². The van der Waals surface area contributed by atoms with Gasteiger partial charge in [-0.3, -0.25) is 0 Å². The minimum Gasteiger partial charge on any atom is -0.375 e. The summed E-state index contributed by atoms with van der Waals surface area (Å²) in [5, 5.41) is 12.2. The van der Waals surface area contributed by atoms with Crippen LogP contribution in [0.25, 0.3) is 0 Å². The molecule has 3 nitrogen and oxygen atoms in total. The molecule has 15 heavy (non-hydrogen) atoms. The van der Waals surface area contributed by atoms with Gasteiger partial charge in [0.25, 0.3) is 0 Å². The third kappa shape index (κ3) is 2.56. The lowest BCUT2D eigenvalue weighted by molar-refractivity contribution is 0.0292. The second-order valence-electron chi connectivity index (χ2n) is 3.67. The maximum atomic E-state index is 8.94. The van der Waals surface area contributed by atoms with Crippen molar-refractivity contribution in [2.75, 3.05) is 19.7 Å². The molecule has 0 aliphatic carbocycles. The smallest absolute Gasteiger partial charge is 0.0994 e. The van der Waals surface area contributed by atoms with Crippen molar-refractivity contribution in [1.29, 1.82) is 5.26 Å². The van der Waals surface area contributed by atoms with Gasteiger partial charge in [-0.25, -0.2) is 0 Å². The van der Waals surface area contributed by atoms with Crippen molar-refractivity contribution in [3.63, 3.8) is 0 Å². The third-order valence-electron chi connectivity index (χ3n) is 2.59. The van der Waals surface area contributed by atoms with E-state index in [9.17, 15) is 0 Å². The van der Waals surface area contributed by atoms with E-state index in [2.05, 4.69) is 11.4 Å². The first-order valence-corrected chi connectivity index (χ1v) is 5.20. The first-order valence-electron chi connectivity index (χ1n) is 5.20. The largest absolute Gasteiger partial charge is 0.375 e. The van der Waals surface area contributed by atoms with Gasteiger partial charge in [-0.2, -0.15) is 5.26 Å².